The van der Waals surface area contributed by atoms with Gasteiger partial charge in [-0.25, -0.2) is 0 Å². The van der Waals surface area contributed by atoms with Gasteiger partial charge >= 0.3 is 399 Å². The molecular weight excluding hydrogens is 911 g/mol. The summed E-state index contributed by atoms with van der Waals surface area (Å²) in [5, 5.41) is 2.97. The van der Waals surface area contributed by atoms with Crippen LogP contribution in [0, 0.1) is 25.7 Å². The Morgan fingerprint density at radius 2 is 0.953 bits per heavy atom. The van der Waals surface area contributed by atoms with Crippen LogP contribution in [0.3, 0.4) is 0 Å². The normalized spacial score (nSPS) is 18.7. The fourth-order valence-electron chi connectivity index (χ4n) is 12.1. The summed E-state index contributed by atoms with van der Waals surface area (Å²) in [5.41, 5.74) is 21.3. The van der Waals surface area contributed by atoms with Gasteiger partial charge in [-0.05, 0) is 0 Å². The van der Waals surface area contributed by atoms with Crippen LogP contribution in [0.25, 0.3) is 45.5 Å². The van der Waals surface area contributed by atoms with E-state index < -0.39 is 25.9 Å². The first kappa shape index (κ1) is 45.6. The molecule has 329 valence electrons. The van der Waals surface area contributed by atoms with Gasteiger partial charge in [0.1, 0.15) is 0 Å². The SMILES string of the molecule is CCC(C)C1=Cc2c(ccc(C(C)(C)C)c2-c2ccccc2C)[CH]1[Zr]([Cl])([Cl])([c]1cccc2c1[SiH2]c1ccccc1-2)[CH]1C(C(C)CC)=Cc2c1ccc(C(C)(C)C)c2-c1ccccc1C. The maximum absolute atomic E-state index is 9.64. The summed E-state index contributed by atoms with van der Waals surface area (Å²) in [7, 11) is 18.4. The average molecular weight is 978 g/mol. The Kier molecular flexibility index (Phi) is 11.7. The van der Waals surface area contributed by atoms with Crippen molar-refractivity contribution in [2.24, 2.45) is 11.8 Å². The van der Waals surface area contributed by atoms with Crippen molar-refractivity contribution >= 4 is 52.3 Å². The molecule has 6 aromatic carbocycles. The Balaban J connectivity index is 1.45. The Hall–Kier alpha value is -3.52. The van der Waals surface area contributed by atoms with Gasteiger partial charge in [-0.15, -0.1) is 0 Å². The van der Waals surface area contributed by atoms with Crippen molar-refractivity contribution < 1.29 is 16.4 Å². The van der Waals surface area contributed by atoms with E-state index in [0.29, 0.717) is 0 Å². The van der Waals surface area contributed by atoms with Crippen molar-refractivity contribution in [2.75, 3.05) is 0 Å². The number of rotatable bonds is 9. The molecule has 0 fully saturated rings. The molecule has 0 nitrogen and oxygen atoms in total. The zero-order chi connectivity index (χ0) is 45.7. The van der Waals surface area contributed by atoms with E-state index in [1.54, 1.807) is 0 Å². The monoisotopic (exact) mass is 975 g/mol. The van der Waals surface area contributed by atoms with Gasteiger partial charge in [0, 0.05) is 0 Å². The fourth-order valence-corrected chi connectivity index (χ4v) is 40.1. The minimum atomic E-state index is -5.83. The first-order valence-electron chi connectivity index (χ1n) is 24.0. The number of hydrogen-bond acceptors (Lipinski definition) is 0. The number of hydrogen-bond donors (Lipinski definition) is 0. The Labute approximate surface area is 395 Å². The van der Waals surface area contributed by atoms with Gasteiger partial charge in [0.25, 0.3) is 0 Å². The molecule has 0 bridgehead atoms. The minimum absolute atomic E-state index is 0.0831. The van der Waals surface area contributed by atoms with Crippen LogP contribution in [-0.2, 0) is 27.2 Å². The van der Waals surface area contributed by atoms with Crippen molar-refractivity contribution in [3.8, 4) is 33.4 Å². The second-order valence-corrected chi connectivity index (χ2v) is 44.1. The van der Waals surface area contributed by atoms with Crippen LogP contribution in [-0.4, -0.2) is 9.52 Å². The molecule has 9 rings (SSSR count). The molecule has 0 N–H and O–H groups in total. The summed E-state index contributed by atoms with van der Waals surface area (Å²) in [5.74, 6) is 0.555. The standard InChI is InChI=1S/2C24H29.C12H9Si.2ClH.Zr/c2*1-7-16(2)19-14-18-12-13-22(24(4,5)6)23(21(18)15-19)20-11-9-8-10-17(20)3;1-3-7-11-9(5-1)10-6-2-4-8-12(10)13-11;;;/h2*8-16H,7H2,1-6H3;1-7H,13H2;2*1H;/q;;;;;+2/p-2. The predicted octanol–water partition coefficient (Wildman–Crippen LogP) is 15.3. The van der Waals surface area contributed by atoms with Gasteiger partial charge in [0.05, 0.1) is 0 Å². The molecule has 0 saturated carbocycles. The van der Waals surface area contributed by atoms with E-state index in [9.17, 15) is 17.0 Å². The van der Waals surface area contributed by atoms with Crippen LogP contribution in [0.1, 0.15) is 134 Å². The average Bonchev–Trinajstić information content (AvgIpc) is 3.98. The fraction of sp³-hybridized carbons (Fsp3) is 0.333. The Morgan fingerprint density at radius 3 is 1.39 bits per heavy atom. The van der Waals surface area contributed by atoms with Crippen LogP contribution in [0.5, 0.6) is 0 Å². The maximum atomic E-state index is 9.64. The molecule has 4 heteroatoms. The summed E-state index contributed by atoms with van der Waals surface area (Å²) in [4.78, 5) is 0. The number of allylic oxidation sites excluding steroid dienone is 2. The van der Waals surface area contributed by atoms with E-state index in [-0.39, 0.29) is 29.9 Å². The van der Waals surface area contributed by atoms with Crippen molar-refractivity contribution in [3.63, 3.8) is 0 Å². The third-order valence-electron chi connectivity index (χ3n) is 15.7. The molecule has 0 radical (unpaired) electrons. The van der Waals surface area contributed by atoms with Gasteiger partial charge in [0.15, 0.2) is 0 Å². The first-order chi connectivity index (χ1) is 30.3. The number of benzene rings is 6. The van der Waals surface area contributed by atoms with E-state index >= 15 is 0 Å². The van der Waals surface area contributed by atoms with Crippen molar-refractivity contribution in [1.82, 2.24) is 0 Å². The summed E-state index contributed by atoms with van der Waals surface area (Å²) in [6, 6.07) is 44.0. The van der Waals surface area contributed by atoms with Gasteiger partial charge < -0.3 is 0 Å². The van der Waals surface area contributed by atoms with E-state index in [2.05, 4.69) is 210 Å². The van der Waals surface area contributed by atoms with E-state index in [0.717, 1.165) is 12.8 Å². The predicted molar refractivity (Wildman–Crippen MR) is 282 cm³/mol. The molecule has 3 aliphatic rings. The molecule has 4 unspecified atom stereocenters. The number of aryl methyl sites for hydroxylation is 2. The summed E-state index contributed by atoms with van der Waals surface area (Å²) in [6.07, 6.45) is 7.22. The van der Waals surface area contributed by atoms with Gasteiger partial charge in [-0.3, -0.25) is 0 Å². The zero-order valence-electron chi connectivity index (χ0n) is 40.3. The first-order valence-corrected chi connectivity index (χ1v) is 35.8. The molecule has 0 amide bonds. The molecule has 2 aliphatic carbocycles. The van der Waals surface area contributed by atoms with Crippen LogP contribution in [0.15, 0.2) is 126 Å². The Bertz CT molecular complexity index is 2770. The van der Waals surface area contributed by atoms with Crippen LogP contribution in [0.4, 0.5) is 0 Å². The molecule has 1 heterocycles. The molecule has 0 aromatic heterocycles. The molecule has 1 aliphatic heterocycles. The molecule has 6 aromatic rings. The quantitative estimate of drug-likeness (QED) is 0.126. The van der Waals surface area contributed by atoms with E-state index in [4.69, 9.17) is 0 Å². The molecular formula is C60H67Cl2SiZr. The van der Waals surface area contributed by atoms with Crippen LogP contribution < -0.4 is 13.6 Å². The second-order valence-electron chi connectivity index (χ2n) is 21.7. The van der Waals surface area contributed by atoms with Gasteiger partial charge in [0.2, 0.25) is 0 Å². The topological polar surface area (TPSA) is 0 Å². The van der Waals surface area contributed by atoms with Crippen molar-refractivity contribution in [3.05, 3.63) is 171 Å². The van der Waals surface area contributed by atoms with E-state index in [1.165, 1.54) is 103 Å². The molecule has 0 saturated heterocycles. The molecule has 64 heavy (non-hydrogen) atoms. The molecule has 0 spiro atoms. The summed E-state index contributed by atoms with van der Waals surface area (Å²) < 4.78 is 1.03. The van der Waals surface area contributed by atoms with Crippen molar-refractivity contribution in [2.45, 2.75) is 114 Å². The number of halogens is 2. The summed E-state index contributed by atoms with van der Waals surface area (Å²) >= 11 is -5.83. The second kappa shape index (κ2) is 16.4. The Morgan fingerprint density at radius 1 is 0.531 bits per heavy atom. The van der Waals surface area contributed by atoms with Crippen LogP contribution >= 0.6 is 17.0 Å². The molecule has 4 atom stereocenters. The van der Waals surface area contributed by atoms with Gasteiger partial charge in [-0.2, -0.15) is 0 Å². The van der Waals surface area contributed by atoms with Crippen LogP contribution in [0.2, 0.25) is 0 Å². The van der Waals surface area contributed by atoms with Gasteiger partial charge in [-0.1, -0.05) is 0 Å². The zero-order valence-corrected chi connectivity index (χ0v) is 45.7. The van der Waals surface area contributed by atoms with E-state index in [1.807, 2.05) is 0 Å². The number of fused-ring (bicyclic) bond motifs is 5. The summed E-state index contributed by atoms with van der Waals surface area (Å²) in [6.45, 7) is 28.3. The third kappa shape index (κ3) is 7.06. The van der Waals surface area contributed by atoms with Crippen molar-refractivity contribution in [1.29, 1.82) is 0 Å². The third-order valence-corrected chi connectivity index (χ3v) is 38.3.